The number of benzene rings is 1. The summed E-state index contributed by atoms with van der Waals surface area (Å²) in [7, 11) is 0. The molecule has 0 aliphatic carbocycles. The molecule has 0 aliphatic heterocycles. The maximum absolute atomic E-state index is 8.79. The van der Waals surface area contributed by atoms with E-state index in [1.807, 2.05) is 6.07 Å². The normalized spacial score (nSPS) is 10.2. The van der Waals surface area contributed by atoms with E-state index in [9.17, 15) is 0 Å². The number of fused-ring (bicyclic) bond motifs is 1. The Bertz CT molecular complexity index is 587. The summed E-state index contributed by atoms with van der Waals surface area (Å²) in [6.07, 6.45) is 1.39. The van der Waals surface area contributed by atoms with Gasteiger partial charge in [0.15, 0.2) is 0 Å². The van der Waals surface area contributed by atoms with E-state index in [0.717, 1.165) is 0 Å². The van der Waals surface area contributed by atoms with Crippen LogP contribution in [0.4, 0.5) is 5.69 Å². The van der Waals surface area contributed by atoms with Crippen LogP contribution in [0.2, 0.25) is 10.0 Å². The summed E-state index contributed by atoms with van der Waals surface area (Å²) in [5, 5.41) is 10.2. The lowest BCUT2D eigenvalue weighted by molar-refractivity contribution is 1.37. The minimum absolute atomic E-state index is 0.298. The number of nitrogens with zero attached hydrogens (tertiary/aromatic N) is 2. The summed E-state index contributed by atoms with van der Waals surface area (Å²) >= 11 is 11.9. The van der Waals surface area contributed by atoms with Crippen LogP contribution < -0.4 is 5.73 Å². The van der Waals surface area contributed by atoms with Crippen molar-refractivity contribution < 1.29 is 0 Å². The summed E-state index contributed by atoms with van der Waals surface area (Å²) in [4.78, 5) is 4.05. The van der Waals surface area contributed by atoms with Crippen molar-refractivity contribution >= 4 is 39.8 Å². The zero-order valence-electron chi connectivity index (χ0n) is 7.46. The molecule has 2 N–H and O–H groups in total. The minimum atomic E-state index is 0.298. The fourth-order valence-electron chi connectivity index (χ4n) is 1.35. The van der Waals surface area contributed by atoms with Crippen molar-refractivity contribution in [2.24, 2.45) is 0 Å². The first-order chi connectivity index (χ1) is 7.15. The molecule has 15 heavy (non-hydrogen) atoms. The molecule has 1 aromatic carbocycles. The van der Waals surface area contributed by atoms with Crippen LogP contribution in [0.15, 0.2) is 18.3 Å². The Morgan fingerprint density at radius 1 is 1.27 bits per heavy atom. The van der Waals surface area contributed by atoms with E-state index in [-0.39, 0.29) is 0 Å². The van der Waals surface area contributed by atoms with Crippen LogP contribution in [0.25, 0.3) is 10.9 Å². The van der Waals surface area contributed by atoms with Crippen LogP contribution in [0.3, 0.4) is 0 Å². The third kappa shape index (κ3) is 1.48. The minimum Gasteiger partial charge on any atom is -0.397 e. The molecule has 0 bridgehead atoms. The number of nitriles is 1. The molecule has 5 heteroatoms. The van der Waals surface area contributed by atoms with Crippen molar-refractivity contribution in [2.75, 3.05) is 5.73 Å². The second-order valence-electron chi connectivity index (χ2n) is 2.95. The predicted molar refractivity (Wildman–Crippen MR) is 60.9 cm³/mol. The topological polar surface area (TPSA) is 62.7 Å². The second kappa shape index (κ2) is 3.58. The average Bonchev–Trinajstić information content (AvgIpc) is 2.23. The number of aromatic nitrogens is 1. The number of rotatable bonds is 0. The third-order valence-corrected chi connectivity index (χ3v) is 2.70. The molecular weight excluding hydrogens is 233 g/mol. The van der Waals surface area contributed by atoms with Gasteiger partial charge in [-0.3, -0.25) is 4.98 Å². The molecule has 2 aromatic rings. The molecule has 0 unspecified atom stereocenters. The van der Waals surface area contributed by atoms with Gasteiger partial charge in [0, 0.05) is 11.6 Å². The van der Waals surface area contributed by atoms with Gasteiger partial charge in [0.2, 0.25) is 0 Å². The number of hydrogen-bond acceptors (Lipinski definition) is 3. The van der Waals surface area contributed by atoms with Crippen LogP contribution in [-0.2, 0) is 0 Å². The molecule has 74 valence electrons. The third-order valence-electron chi connectivity index (χ3n) is 2.08. The predicted octanol–water partition coefficient (Wildman–Crippen LogP) is 3.00. The Balaban J connectivity index is 3.00. The first kappa shape index (κ1) is 10.0. The maximum atomic E-state index is 8.79. The van der Waals surface area contributed by atoms with Crippen molar-refractivity contribution in [2.45, 2.75) is 0 Å². The van der Waals surface area contributed by atoms with Crippen LogP contribution in [0, 0.1) is 11.3 Å². The zero-order chi connectivity index (χ0) is 11.0. The molecule has 0 radical (unpaired) electrons. The van der Waals surface area contributed by atoms with Crippen LogP contribution in [0.5, 0.6) is 0 Å². The second-order valence-corrected chi connectivity index (χ2v) is 3.76. The molecular formula is C10H5Cl2N3. The molecule has 0 saturated carbocycles. The van der Waals surface area contributed by atoms with Crippen molar-refractivity contribution in [3.05, 3.63) is 33.9 Å². The van der Waals surface area contributed by atoms with E-state index < -0.39 is 0 Å². The van der Waals surface area contributed by atoms with E-state index in [4.69, 9.17) is 34.2 Å². The molecule has 0 atom stereocenters. The fraction of sp³-hybridized carbons (Fsp3) is 0. The lowest BCUT2D eigenvalue weighted by Crippen LogP contribution is -1.95. The van der Waals surface area contributed by atoms with Gasteiger partial charge in [-0.2, -0.15) is 5.26 Å². The van der Waals surface area contributed by atoms with E-state index in [1.165, 1.54) is 6.20 Å². The molecule has 1 heterocycles. The Morgan fingerprint density at radius 2 is 1.93 bits per heavy atom. The number of anilines is 1. The van der Waals surface area contributed by atoms with Crippen molar-refractivity contribution in [1.82, 2.24) is 4.98 Å². The monoisotopic (exact) mass is 237 g/mol. The van der Waals surface area contributed by atoms with E-state index in [1.54, 1.807) is 12.1 Å². The largest absolute Gasteiger partial charge is 0.397 e. The van der Waals surface area contributed by atoms with Crippen LogP contribution in [0.1, 0.15) is 5.56 Å². The lowest BCUT2D eigenvalue weighted by atomic mass is 10.1. The van der Waals surface area contributed by atoms with Gasteiger partial charge in [0.05, 0.1) is 26.8 Å². The Labute approximate surface area is 96.0 Å². The number of halogens is 2. The quantitative estimate of drug-likeness (QED) is 0.767. The number of nitrogen functional groups attached to an aromatic ring is 1. The molecule has 0 aliphatic rings. The molecule has 0 fully saturated rings. The van der Waals surface area contributed by atoms with Crippen LogP contribution in [-0.4, -0.2) is 4.98 Å². The highest BCUT2D eigenvalue weighted by Gasteiger charge is 2.11. The summed E-state index contributed by atoms with van der Waals surface area (Å²) in [5.74, 6) is 0. The summed E-state index contributed by atoms with van der Waals surface area (Å²) in [6.45, 7) is 0. The Kier molecular flexibility index (Phi) is 2.39. The number of nitrogens with two attached hydrogens (primary N) is 1. The van der Waals surface area contributed by atoms with Crippen molar-refractivity contribution in [3.63, 3.8) is 0 Å². The molecule has 0 saturated heterocycles. The smallest absolute Gasteiger partial charge is 0.103 e. The first-order valence-corrected chi connectivity index (χ1v) is 4.83. The summed E-state index contributed by atoms with van der Waals surface area (Å²) < 4.78 is 0. The zero-order valence-corrected chi connectivity index (χ0v) is 8.97. The van der Waals surface area contributed by atoms with Gasteiger partial charge in [-0.1, -0.05) is 23.2 Å². The van der Waals surface area contributed by atoms with E-state index in [2.05, 4.69) is 4.98 Å². The van der Waals surface area contributed by atoms with E-state index >= 15 is 0 Å². The maximum Gasteiger partial charge on any atom is 0.103 e. The average molecular weight is 238 g/mol. The van der Waals surface area contributed by atoms with E-state index in [0.29, 0.717) is 32.2 Å². The number of hydrogen-bond donors (Lipinski definition) is 1. The lowest BCUT2D eigenvalue weighted by Gasteiger charge is -2.06. The molecule has 2 rings (SSSR count). The standard InChI is InChI=1S/C10H5Cl2N3/c11-6-1-2-7(12)10-8(6)9(14)5(3-13)4-15-10/h1-2,4H,(H2,14,15). The molecule has 0 amide bonds. The Morgan fingerprint density at radius 3 is 2.60 bits per heavy atom. The van der Waals surface area contributed by atoms with Gasteiger partial charge < -0.3 is 5.73 Å². The van der Waals surface area contributed by atoms with Gasteiger partial charge in [-0.15, -0.1) is 0 Å². The summed E-state index contributed by atoms with van der Waals surface area (Å²) in [5.41, 5.74) is 6.92. The van der Waals surface area contributed by atoms with Crippen molar-refractivity contribution in [3.8, 4) is 6.07 Å². The van der Waals surface area contributed by atoms with Crippen LogP contribution >= 0.6 is 23.2 Å². The highest BCUT2D eigenvalue weighted by atomic mass is 35.5. The highest BCUT2D eigenvalue weighted by molar-refractivity contribution is 6.40. The van der Waals surface area contributed by atoms with Gasteiger partial charge in [0.25, 0.3) is 0 Å². The molecule has 3 nitrogen and oxygen atoms in total. The van der Waals surface area contributed by atoms with Gasteiger partial charge >= 0.3 is 0 Å². The SMILES string of the molecule is N#Cc1cnc2c(Cl)ccc(Cl)c2c1N. The van der Waals surface area contributed by atoms with Crippen molar-refractivity contribution in [1.29, 1.82) is 5.26 Å². The van der Waals surface area contributed by atoms with Gasteiger partial charge in [0.1, 0.15) is 6.07 Å². The molecule has 1 aromatic heterocycles. The fourth-order valence-corrected chi connectivity index (χ4v) is 1.81. The Hall–Kier alpha value is -1.50. The number of pyridine rings is 1. The van der Waals surface area contributed by atoms with Gasteiger partial charge in [-0.25, -0.2) is 0 Å². The van der Waals surface area contributed by atoms with Gasteiger partial charge in [-0.05, 0) is 12.1 Å². The highest BCUT2D eigenvalue weighted by Crippen LogP contribution is 2.33. The first-order valence-electron chi connectivity index (χ1n) is 4.07. The summed E-state index contributed by atoms with van der Waals surface area (Å²) in [6, 6.07) is 5.22. The molecule has 0 spiro atoms.